The third-order valence-electron chi connectivity index (χ3n) is 3.01. The summed E-state index contributed by atoms with van der Waals surface area (Å²) < 4.78 is 6.75. The number of nitrogens with zero attached hydrogens (tertiary/aromatic N) is 2. The highest BCUT2D eigenvalue weighted by atomic mass is 16.6. The Morgan fingerprint density at radius 1 is 1.76 bits per heavy atom. The van der Waals surface area contributed by atoms with E-state index in [9.17, 15) is 9.90 Å². The van der Waals surface area contributed by atoms with Gasteiger partial charge in [0.15, 0.2) is 0 Å². The molecule has 0 bridgehead atoms. The number of rotatable bonds is 2. The highest BCUT2D eigenvalue weighted by Gasteiger charge is 2.44. The molecule has 94 valence electrons. The number of aliphatic hydroxyl groups excluding tert-OH is 2. The van der Waals surface area contributed by atoms with Crippen molar-refractivity contribution in [1.82, 2.24) is 9.55 Å². The van der Waals surface area contributed by atoms with E-state index in [1.807, 2.05) is 0 Å². The highest BCUT2D eigenvalue weighted by molar-refractivity contribution is 5.23. The van der Waals surface area contributed by atoms with Crippen LogP contribution in [0.2, 0.25) is 0 Å². The lowest BCUT2D eigenvalue weighted by molar-refractivity contribution is -0.116. The van der Waals surface area contributed by atoms with Gasteiger partial charge in [-0.05, 0) is 13.0 Å². The summed E-state index contributed by atoms with van der Waals surface area (Å²) in [5.41, 5.74) is 3.79. The predicted molar refractivity (Wildman–Crippen MR) is 59.1 cm³/mol. The molecule has 1 aliphatic rings. The largest absolute Gasteiger partial charge is 0.393 e. The lowest BCUT2D eigenvalue weighted by atomic mass is 10.0. The molecule has 2 rings (SSSR count). The van der Waals surface area contributed by atoms with Crippen molar-refractivity contribution in [3.8, 4) is 0 Å². The lowest BCUT2D eigenvalue weighted by Crippen LogP contribution is -2.39. The molecule has 7 heteroatoms. The smallest absolute Gasteiger partial charge is 0.351 e. The number of nitrogens with two attached hydrogens (primary N) is 1. The first-order valence-electron chi connectivity index (χ1n) is 5.28. The number of aromatic nitrogens is 2. The number of hydrogen-bond acceptors (Lipinski definition) is 6. The maximum Gasteiger partial charge on any atom is 0.351 e. The first kappa shape index (κ1) is 12.0. The summed E-state index contributed by atoms with van der Waals surface area (Å²) >= 11 is 0. The Kier molecular flexibility index (Phi) is 2.90. The van der Waals surface area contributed by atoms with E-state index in [4.69, 9.17) is 15.6 Å². The van der Waals surface area contributed by atoms with Crippen LogP contribution < -0.4 is 11.4 Å². The van der Waals surface area contributed by atoms with Crippen LogP contribution in [0.15, 0.2) is 17.1 Å². The van der Waals surface area contributed by atoms with Gasteiger partial charge in [0.2, 0.25) is 0 Å². The third kappa shape index (κ3) is 2.04. The molecule has 0 amide bonds. The summed E-state index contributed by atoms with van der Waals surface area (Å²) in [6, 6.07) is 1.48. The van der Waals surface area contributed by atoms with Crippen LogP contribution in [-0.4, -0.2) is 38.1 Å². The molecular formula is C10H15N3O4. The molecule has 0 aliphatic carbocycles. The fraction of sp³-hybridized carbons (Fsp3) is 0.600. The van der Waals surface area contributed by atoms with Crippen molar-refractivity contribution < 1.29 is 14.9 Å². The Morgan fingerprint density at radius 3 is 3.00 bits per heavy atom. The summed E-state index contributed by atoms with van der Waals surface area (Å²) in [4.78, 5) is 15.2. The molecule has 1 aromatic rings. The van der Waals surface area contributed by atoms with Crippen LogP contribution in [0.4, 0.5) is 5.82 Å². The van der Waals surface area contributed by atoms with Gasteiger partial charge in [-0.1, -0.05) is 0 Å². The van der Waals surface area contributed by atoms with E-state index in [0.717, 1.165) is 0 Å². The average Bonchev–Trinajstić information content (AvgIpc) is 2.56. The molecule has 1 aromatic heterocycles. The fourth-order valence-corrected chi connectivity index (χ4v) is 1.84. The van der Waals surface area contributed by atoms with E-state index >= 15 is 0 Å². The number of hydrogen-bond donors (Lipinski definition) is 3. The Bertz CT molecular complexity index is 475. The van der Waals surface area contributed by atoms with Gasteiger partial charge in [0.25, 0.3) is 0 Å². The van der Waals surface area contributed by atoms with E-state index in [2.05, 4.69) is 4.98 Å². The Labute approximate surface area is 97.5 Å². The minimum atomic E-state index is -1.05. The molecule has 0 spiro atoms. The summed E-state index contributed by atoms with van der Waals surface area (Å²) in [5, 5.41) is 18.9. The van der Waals surface area contributed by atoms with Crippen molar-refractivity contribution in [2.45, 2.75) is 31.3 Å². The van der Waals surface area contributed by atoms with Gasteiger partial charge in [0.05, 0.1) is 12.7 Å². The second-order valence-electron chi connectivity index (χ2n) is 4.34. The minimum Gasteiger partial charge on any atom is -0.393 e. The molecule has 0 aromatic carbocycles. The van der Waals surface area contributed by atoms with E-state index in [1.54, 1.807) is 6.92 Å². The zero-order valence-corrected chi connectivity index (χ0v) is 9.41. The van der Waals surface area contributed by atoms with Crippen LogP contribution in [-0.2, 0) is 4.74 Å². The van der Waals surface area contributed by atoms with E-state index in [1.165, 1.54) is 16.8 Å². The maximum atomic E-state index is 11.6. The van der Waals surface area contributed by atoms with Crippen molar-refractivity contribution in [2.24, 2.45) is 0 Å². The normalized spacial score (nSPS) is 32.9. The Balaban J connectivity index is 2.29. The van der Waals surface area contributed by atoms with Crippen LogP contribution in [0.25, 0.3) is 0 Å². The SMILES string of the molecule is C[C@]1(CO)OC(n2ccc(N)nc2=O)C[C@@H]1O. The molecule has 0 saturated carbocycles. The van der Waals surface area contributed by atoms with Crippen LogP contribution in [0.5, 0.6) is 0 Å². The Morgan fingerprint density at radius 2 is 2.47 bits per heavy atom. The van der Waals surface area contributed by atoms with Gasteiger partial charge in [-0.2, -0.15) is 4.98 Å². The minimum absolute atomic E-state index is 0.134. The predicted octanol–water partition coefficient (Wildman–Crippen LogP) is -1.14. The van der Waals surface area contributed by atoms with Crippen LogP contribution in [0, 0.1) is 0 Å². The van der Waals surface area contributed by atoms with Crippen LogP contribution in [0.3, 0.4) is 0 Å². The number of nitrogen functional groups attached to an aromatic ring is 1. The lowest BCUT2D eigenvalue weighted by Gasteiger charge is -2.24. The van der Waals surface area contributed by atoms with Gasteiger partial charge in [0.1, 0.15) is 17.6 Å². The molecule has 1 unspecified atom stereocenters. The van der Waals surface area contributed by atoms with E-state index in [-0.39, 0.29) is 18.8 Å². The topological polar surface area (TPSA) is 111 Å². The molecule has 3 atom stereocenters. The molecule has 4 N–H and O–H groups in total. The standard InChI is InChI=1S/C10H15N3O4/c1-10(5-14)6(15)4-8(17-10)13-3-2-7(11)12-9(13)16/h2-3,6,8,14-15H,4-5H2,1H3,(H2,11,12,16)/t6-,8?,10+/m0/s1. The van der Waals surface area contributed by atoms with Crippen molar-refractivity contribution in [2.75, 3.05) is 12.3 Å². The second-order valence-corrected chi connectivity index (χ2v) is 4.34. The fourth-order valence-electron chi connectivity index (χ4n) is 1.84. The molecule has 1 saturated heterocycles. The monoisotopic (exact) mass is 241 g/mol. The van der Waals surface area contributed by atoms with Gasteiger partial charge in [0, 0.05) is 12.6 Å². The van der Waals surface area contributed by atoms with Gasteiger partial charge in [-0.15, -0.1) is 0 Å². The number of aliphatic hydroxyl groups is 2. The molecule has 0 radical (unpaired) electrons. The summed E-state index contributed by atoms with van der Waals surface area (Å²) in [5.74, 6) is 0.134. The van der Waals surface area contributed by atoms with Gasteiger partial charge in [-0.3, -0.25) is 4.57 Å². The summed E-state index contributed by atoms with van der Waals surface area (Å²) in [6.45, 7) is 1.27. The number of anilines is 1. The summed E-state index contributed by atoms with van der Waals surface area (Å²) in [7, 11) is 0. The van der Waals surface area contributed by atoms with Crippen LogP contribution >= 0.6 is 0 Å². The zero-order chi connectivity index (χ0) is 12.6. The molecular weight excluding hydrogens is 226 g/mol. The van der Waals surface area contributed by atoms with Crippen molar-refractivity contribution in [1.29, 1.82) is 0 Å². The van der Waals surface area contributed by atoms with E-state index < -0.39 is 23.6 Å². The highest BCUT2D eigenvalue weighted by Crippen LogP contribution is 2.35. The van der Waals surface area contributed by atoms with Crippen molar-refractivity contribution >= 4 is 5.82 Å². The number of ether oxygens (including phenoxy) is 1. The van der Waals surface area contributed by atoms with Gasteiger partial charge < -0.3 is 20.7 Å². The Hall–Kier alpha value is -1.44. The second kappa shape index (κ2) is 4.10. The quantitative estimate of drug-likeness (QED) is 0.603. The molecule has 1 fully saturated rings. The van der Waals surface area contributed by atoms with Crippen molar-refractivity contribution in [3.05, 3.63) is 22.7 Å². The van der Waals surface area contributed by atoms with Crippen molar-refractivity contribution in [3.63, 3.8) is 0 Å². The zero-order valence-electron chi connectivity index (χ0n) is 9.41. The molecule has 17 heavy (non-hydrogen) atoms. The average molecular weight is 241 g/mol. The third-order valence-corrected chi connectivity index (χ3v) is 3.01. The van der Waals surface area contributed by atoms with Gasteiger partial charge >= 0.3 is 5.69 Å². The first-order valence-corrected chi connectivity index (χ1v) is 5.28. The molecule has 2 heterocycles. The molecule has 1 aliphatic heterocycles. The molecule has 7 nitrogen and oxygen atoms in total. The van der Waals surface area contributed by atoms with E-state index in [0.29, 0.717) is 0 Å². The maximum absolute atomic E-state index is 11.6. The summed E-state index contributed by atoms with van der Waals surface area (Å²) in [6.07, 6.45) is 0.220. The van der Waals surface area contributed by atoms with Gasteiger partial charge in [-0.25, -0.2) is 4.79 Å². The first-order chi connectivity index (χ1) is 7.96. The van der Waals surface area contributed by atoms with Crippen LogP contribution in [0.1, 0.15) is 19.6 Å².